The molecule has 2 aromatic carbocycles. The van der Waals surface area contributed by atoms with Crippen molar-refractivity contribution < 1.29 is 22.4 Å². The first-order valence-electron chi connectivity index (χ1n) is 8.49. The third kappa shape index (κ3) is 6.19. The second-order valence-electron chi connectivity index (χ2n) is 7.44. The first-order chi connectivity index (χ1) is 13.4. The topological polar surface area (TPSA) is 130 Å². The van der Waals surface area contributed by atoms with Crippen LogP contribution in [0.1, 0.15) is 31.9 Å². The Morgan fingerprint density at radius 2 is 1.48 bits per heavy atom. The number of nitrogens with zero attached hydrogens (tertiary/aromatic N) is 2. The maximum absolute atomic E-state index is 12.7. The molecule has 10 heteroatoms. The van der Waals surface area contributed by atoms with Gasteiger partial charge in [-0.1, -0.05) is 32.9 Å². The Morgan fingerprint density at radius 1 is 0.931 bits per heavy atom. The smallest absolute Gasteiger partial charge is 0.266 e. The molecule has 0 unspecified atom stereocenters. The molecule has 0 amide bonds. The molecule has 29 heavy (non-hydrogen) atoms. The lowest BCUT2D eigenvalue weighted by atomic mass is 9.99. The van der Waals surface area contributed by atoms with Gasteiger partial charge in [0.05, 0.1) is 16.5 Å². The third-order valence-electron chi connectivity index (χ3n) is 3.68. The van der Waals surface area contributed by atoms with Crippen molar-refractivity contribution in [3.05, 3.63) is 73.8 Å². The molecule has 0 atom stereocenters. The Bertz CT molecular complexity index is 1050. The van der Waals surface area contributed by atoms with Crippen molar-refractivity contribution >= 4 is 33.6 Å². The summed E-state index contributed by atoms with van der Waals surface area (Å²) in [6.45, 7) is 5.30. The highest BCUT2D eigenvalue weighted by molar-refractivity contribution is 7.86. The van der Waals surface area contributed by atoms with Crippen LogP contribution in [0.15, 0.2) is 47.4 Å². The van der Waals surface area contributed by atoms with E-state index >= 15 is 0 Å². The molecule has 2 rings (SSSR count). The first-order valence-corrected chi connectivity index (χ1v) is 9.90. The van der Waals surface area contributed by atoms with Crippen LogP contribution in [-0.2, 0) is 14.3 Å². The summed E-state index contributed by atoms with van der Waals surface area (Å²) in [5.74, 6) is 0. The lowest BCUT2D eigenvalue weighted by Gasteiger charge is -2.18. The fraction of sp³-hybridized carbons (Fsp3) is 0.263. The molecule has 0 radical (unpaired) electrons. The molecule has 0 fully saturated rings. The van der Waals surface area contributed by atoms with Gasteiger partial charge >= 0.3 is 0 Å². The van der Waals surface area contributed by atoms with E-state index in [1.54, 1.807) is 26.8 Å². The maximum Gasteiger partial charge on any atom is 0.297 e. The van der Waals surface area contributed by atoms with Gasteiger partial charge in [-0.2, -0.15) is 8.42 Å². The molecule has 0 bridgehead atoms. The number of non-ortho nitro benzene ring substituents is 2. The van der Waals surface area contributed by atoms with E-state index in [4.69, 9.17) is 4.18 Å². The van der Waals surface area contributed by atoms with Gasteiger partial charge in [-0.25, -0.2) is 0 Å². The first kappa shape index (κ1) is 22.2. The number of nitro groups is 2. The van der Waals surface area contributed by atoms with Crippen molar-refractivity contribution in [1.29, 1.82) is 0 Å². The van der Waals surface area contributed by atoms with Crippen LogP contribution in [0, 0.1) is 25.6 Å². The maximum atomic E-state index is 12.7. The van der Waals surface area contributed by atoms with E-state index < -0.39 is 25.4 Å². The minimum atomic E-state index is -4.25. The molecule has 0 heterocycles. The van der Waals surface area contributed by atoms with Gasteiger partial charge < -0.3 is 0 Å². The van der Waals surface area contributed by atoms with Crippen LogP contribution in [0.5, 0.6) is 0 Å². The summed E-state index contributed by atoms with van der Waals surface area (Å²) in [5.41, 5.74) is -0.0924. The molecule has 0 spiro atoms. The molecule has 154 valence electrons. The summed E-state index contributed by atoms with van der Waals surface area (Å²) in [4.78, 5) is 20.2. The van der Waals surface area contributed by atoms with Crippen molar-refractivity contribution in [3.8, 4) is 0 Å². The predicted molar refractivity (Wildman–Crippen MR) is 108 cm³/mol. The van der Waals surface area contributed by atoms with E-state index in [-0.39, 0.29) is 28.4 Å². The van der Waals surface area contributed by atoms with Gasteiger partial charge in [0, 0.05) is 24.3 Å². The largest absolute Gasteiger partial charge is 0.297 e. The number of benzene rings is 2. The zero-order chi connectivity index (χ0) is 21.8. The normalized spacial score (nSPS) is 12.2. The molecule has 2 aromatic rings. The summed E-state index contributed by atoms with van der Waals surface area (Å²) in [6, 6.07) is 9.10. The van der Waals surface area contributed by atoms with Crippen molar-refractivity contribution in [2.24, 2.45) is 5.41 Å². The quantitative estimate of drug-likeness (QED) is 0.280. The van der Waals surface area contributed by atoms with Crippen molar-refractivity contribution in [1.82, 2.24) is 0 Å². The predicted octanol–water partition coefficient (Wildman–Crippen LogP) is 4.42. The van der Waals surface area contributed by atoms with Crippen molar-refractivity contribution in [2.75, 3.05) is 6.61 Å². The number of rotatable bonds is 7. The van der Waals surface area contributed by atoms with Crippen LogP contribution < -0.4 is 0 Å². The zero-order valence-corrected chi connectivity index (χ0v) is 16.9. The molecule has 0 saturated heterocycles. The van der Waals surface area contributed by atoms with Gasteiger partial charge in [0.1, 0.15) is 4.90 Å². The molecular formula is C19H20N2O7S. The van der Waals surface area contributed by atoms with E-state index in [1.807, 2.05) is 0 Å². The summed E-state index contributed by atoms with van der Waals surface area (Å²) in [7, 11) is -4.25. The van der Waals surface area contributed by atoms with Crippen LogP contribution in [-0.4, -0.2) is 24.9 Å². The summed E-state index contributed by atoms with van der Waals surface area (Å²) >= 11 is 0. The second-order valence-corrected chi connectivity index (χ2v) is 9.02. The average Bonchev–Trinajstić information content (AvgIpc) is 2.64. The summed E-state index contributed by atoms with van der Waals surface area (Å²) in [5, 5.41) is 21.8. The monoisotopic (exact) mass is 420 g/mol. The Morgan fingerprint density at radius 3 is 2.00 bits per heavy atom. The van der Waals surface area contributed by atoms with E-state index in [1.165, 1.54) is 42.5 Å². The Labute approximate surface area is 168 Å². The molecule has 0 N–H and O–H groups in total. The fourth-order valence-electron chi connectivity index (χ4n) is 2.20. The van der Waals surface area contributed by atoms with Crippen LogP contribution in [0.4, 0.5) is 11.4 Å². The van der Waals surface area contributed by atoms with Gasteiger partial charge in [0.15, 0.2) is 0 Å². The lowest BCUT2D eigenvalue weighted by molar-refractivity contribution is -0.385. The van der Waals surface area contributed by atoms with Crippen LogP contribution in [0.2, 0.25) is 0 Å². The van der Waals surface area contributed by atoms with Crippen LogP contribution in [0.25, 0.3) is 12.2 Å². The fourth-order valence-corrected chi connectivity index (χ4v) is 3.53. The molecule has 0 aliphatic rings. The van der Waals surface area contributed by atoms with Gasteiger partial charge in [-0.15, -0.1) is 0 Å². The van der Waals surface area contributed by atoms with E-state index in [2.05, 4.69) is 0 Å². The number of hydrogen-bond acceptors (Lipinski definition) is 7. The van der Waals surface area contributed by atoms with Gasteiger partial charge in [-0.3, -0.25) is 24.4 Å². The highest BCUT2D eigenvalue weighted by atomic mass is 32.2. The molecule has 0 saturated carbocycles. The highest BCUT2D eigenvalue weighted by Crippen LogP contribution is 2.27. The Hall–Kier alpha value is -3.11. The molecule has 9 nitrogen and oxygen atoms in total. The number of hydrogen-bond donors (Lipinski definition) is 0. The van der Waals surface area contributed by atoms with Crippen LogP contribution >= 0.6 is 0 Å². The SMILES string of the molecule is CC(C)(C)COS(=O)(=O)c1cc([N+](=O)[O-])ccc1/C=C/c1ccc([N+](=O)[O-])cc1. The van der Waals surface area contributed by atoms with Crippen molar-refractivity contribution in [2.45, 2.75) is 25.7 Å². The standard InChI is InChI=1S/C19H20N2O7S/c1-19(2,3)13-28-29(26,27)18-12-17(21(24)25)11-8-15(18)7-4-14-5-9-16(10-6-14)20(22)23/h4-12H,13H2,1-3H3/b7-4+. The molecule has 0 aromatic heterocycles. The minimum Gasteiger partial charge on any atom is -0.266 e. The third-order valence-corrected chi connectivity index (χ3v) is 5.00. The lowest BCUT2D eigenvalue weighted by Crippen LogP contribution is -2.19. The zero-order valence-electron chi connectivity index (χ0n) is 16.1. The van der Waals surface area contributed by atoms with Gasteiger partial charge in [-0.05, 0) is 34.7 Å². The summed E-state index contributed by atoms with van der Waals surface area (Å²) in [6.07, 6.45) is 3.01. The summed E-state index contributed by atoms with van der Waals surface area (Å²) < 4.78 is 30.4. The van der Waals surface area contributed by atoms with Gasteiger partial charge in [0.25, 0.3) is 21.5 Å². The van der Waals surface area contributed by atoms with Crippen molar-refractivity contribution in [3.63, 3.8) is 0 Å². The molecular weight excluding hydrogens is 400 g/mol. The van der Waals surface area contributed by atoms with E-state index in [9.17, 15) is 28.6 Å². The molecule has 0 aliphatic heterocycles. The Balaban J connectivity index is 2.43. The number of nitro benzene ring substituents is 2. The molecule has 0 aliphatic carbocycles. The minimum absolute atomic E-state index is 0.0728. The highest BCUT2D eigenvalue weighted by Gasteiger charge is 2.24. The average molecular weight is 420 g/mol. The van der Waals surface area contributed by atoms with Crippen LogP contribution in [0.3, 0.4) is 0 Å². The second kappa shape index (κ2) is 8.50. The Kier molecular flexibility index (Phi) is 6.50. The van der Waals surface area contributed by atoms with E-state index in [0.717, 1.165) is 6.07 Å². The van der Waals surface area contributed by atoms with Gasteiger partial charge in [0.2, 0.25) is 0 Å². The van der Waals surface area contributed by atoms with E-state index in [0.29, 0.717) is 5.56 Å².